The van der Waals surface area contributed by atoms with Gasteiger partial charge in [0.15, 0.2) is 15.3 Å². The third-order valence-electron chi connectivity index (χ3n) is 13.2. The Hall–Kier alpha value is -0.520. The number of thioether (sulfide) groups is 2. The molecule has 0 spiro atoms. The fraction of sp³-hybridized carbons (Fsp3) is 0.887. The molecule has 2 N–H and O–H groups in total. The van der Waals surface area contributed by atoms with Crippen LogP contribution in [0.25, 0.3) is 0 Å². The quantitative estimate of drug-likeness (QED) is 0.00856. The molecular weight excluding hydrogens is 1340 g/mol. The number of aliphatic hydroxyl groups is 2. The van der Waals surface area contributed by atoms with E-state index in [0.717, 1.165) is 75.8 Å². The standard InChI is InChI=1S/C17H31NO3S2.C15H29NO2S2.C15H30O3S.C13H26O2.C6H15N.C2H2ClNS.C2H4OS.CH4/c1-17(19)23-14-10-8-6-4-2-3-5-7-9-11-20-12-13-21-15-18-16-22;19-13-9-7-5-3-1-2-4-6-8-10-17-11-12-18-14-16-15-20;1-15(17)19-14-10-8-6-4-2-3-5-7-9-12-18-13-11-16;1-2-3-4-5-6-7-8-9-10-12-15-13-11-14;1-4-7(5-2)6-3;3-1-4-2-5;1-2(3)4;/h2-15H2,1H3;19H,1-14H2;16H,2-14H2,1H3;2,14H,1,3-13H2;4-6H2,1-3H3;1H2;1H3,(H,3,4);1H4. The largest absolute Gasteiger partial charge is 0.394 e. The van der Waals surface area contributed by atoms with Gasteiger partial charge in [-0.2, -0.15) is 12.6 Å². The Balaban J connectivity index is -0.000000162. The molecule has 0 aliphatic heterocycles. The molecule has 0 radical (unpaired) electrons. The van der Waals surface area contributed by atoms with E-state index in [4.69, 9.17) is 50.2 Å². The molecule has 0 aromatic rings. The number of unbranched alkanes of at least 4 members (excludes halogenated alkanes) is 31. The maximum Gasteiger partial charge on any atom is 0.185 e. The highest BCUT2D eigenvalue weighted by Gasteiger charge is 2.00. The second-order valence-corrected chi connectivity index (χ2v) is 25.9. The molecule has 0 fully saturated rings. The maximum absolute atomic E-state index is 10.8. The lowest BCUT2D eigenvalue weighted by Gasteiger charge is -2.13. The summed E-state index contributed by atoms with van der Waals surface area (Å²) < 4.78 is 31.6. The highest BCUT2D eigenvalue weighted by atomic mass is 35.5. The van der Waals surface area contributed by atoms with Crippen LogP contribution in [0.2, 0.25) is 0 Å². The molecule has 560 valence electrons. The number of aliphatic imine (C=N–C) groups is 3. The molecule has 0 atom stereocenters. The molecule has 0 saturated carbocycles. The van der Waals surface area contributed by atoms with Crippen molar-refractivity contribution in [3.63, 3.8) is 0 Å². The van der Waals surface area contributed by atoms with E-state index in [-0.39, 0.29) is 48.7 Å². The monoisotopic (exact) mass is 1480 g/mol. The van der Waals surface area contributed by atoms with Crippen molar-refractivity contribution in [3.05, 3.63) is 12.7 Å². The fourth-order valence-electron chi connectivity index (χ4n) is 8.19. The average Bonchev–Trinajstić information content (AvgIpc) is 3.56. The predicted octanol–water partition coefficient (Wildman–Crippen LogP) is 20.2. The summed E-state index contributed by atoms with van der Waals surface area (Å²) in [5, 5.41) is 23.9. The van der Waals surface area contributed by atoms with Crippen molar-refractivity contribution in [2.75, 3.05) is 136 Å². The van der Waals surface area contributed by atoms with Crippen LogP contribution in [0.15, 0.2) is 27.6 Å². The summed E-state index contributed by atoms with van der Waals surface area (Å²) in [6.07, 6.45) is 46.8. The Morgan fingerprint density at radius 2 is 0.702 bits per heavy atom. The van der Waals surface area contributed by atoms with Crippen LogP contribution in [0.1, 0.15) is 274 Å². The minimum Gasteiger partial charge on any atom is -0.394 e. The molecule has 0 aromatic carbocycles. The first kappa shape index (κ1) is 109. The van der Waals surface area contributed by atoms with Gasteiger partial charge in [0.05, 0.1) is 68.3 Å². The van der Waals surface area contributed by atoms with E-state index in [9.17, 15) is 14.4 Å². The summed E-state index contributed by atoms with van der Waals surface area (Å²) in [5.74, 6) is 3.01. The number of alkyl halides is 1. The third-order valence-corrected chi connectivity index (χ3v) is 15.9. The molecule has 94 heavy (non-hydrogen) atoms. The van der Waals surface area contributed by atoms with Crippen LogP contribution in [0.3, 0.4) is 0 Å². The molecule has 15 nitrogen and oxygen atoms in total. The number of hydrogen-bond acceptors (Lipinski definition) is 21. The summed E-state index contributed by atoms with van der Waals surface area (Å²) >= 11 is 28.5. The van der Waals surface area contributed by atoms with Gasteiger partial charge in [-0.15, -0.1) is 19.2 Å². The fourth-order valence-corrected chi connectivity index (χ4v) is 9.99. The van der Waals surface area contributed by atoms with Crippen LogP contribution in [0.5, 0.6) is 0 Å². The molecular formula is C71H141ClN4O11S7. The summed E-state index contributed by atoms with van der Waals surface area (Å²) in [4.78, 5) is 43.8. The zero-order valence-corrected chi connectivity index (χ0v) is 66.2. The highest BCUT2D eigenvalue weighted by molar-refractivity contribution is 8.13. The Kier molecular flexibility index (Phi) is 132. The third kappa shape index (κ3) is 143. The molecule has 0 heterocycles. The number of thiocarbonyl (C=S) groups is 3. The first-order valence-corrected chi connectivity index (χ1v) is 39.9. The van der Waals surface area contributed by atoms with E-state index >= 15 is 0 Å². The number of nitrogens with zero attached hydrogens (tertiary/aromatic N) is 4. The summed E-state index contributed by atoms with van der Waals surface area (Å²) in [5.41, 5.74) is 0. The topological polar surface area (TPSA) is 187 Å². The second-order valence-electron chi connectivity index (χ2n) is 21.5. The molecule has 0 aromatic heterocycles. The van der Waals surface area contributed by atoms with Gasteiger partial charge in [0, 0.05) is 58.7 Å². The molecule has 0 amide bonds. The highest BCUT2D eigenvalue weighted by Crippen LogP contribution is 2.15. The molecule has 0 rings (SSSR count). The van der Waals surface area contributed by atoms with Crippen molar-refractivity contribution in [1.82, 2.24) is 4.90 Å². The van der Waals surface area contributed by atoms with Crippen LogP contribution < -0.4 is 0 Å². The van der Waals surface area contributed by atoms with Crippen LogP contribution >= 0.6 is 97.0 Å². The Labute approximate surface area is 618 Å². The Morgan fingerprint density at radius 3 is 0.926 bits per heavy atom. The Bertz CT molecular complexity index is 1570. The van der Waals surface area contributed by atoms with Gasteiger partial charge in [0.25, 0.3) is 0 Å². The molecule has 0 saturated heterocycles. The maximum atomic E-state index is 10.8. The van der Waals surface area contributed by atoms with Gasteiger partial charge in [0.2, 0.25) is 0 Å². The molecule has 0 aliphatic carbocycles. The summed E-state index contributed by atoms with van der Waals surface area (Å²) in [6.45, 7) is 25.9. The average molecular weight is 1490 g/mol. The van der Waals surface area contributed by atoms with E-state index in [2.05, 4.69) is 125 Å². The number of thiol groups is 2. The van der Waals surface area contributed by atoms with Crippen molar-refractivity contribution in [3.8, 4) is 0 Å². The van der Waals surface area contributed by atoms with Gasteiger partial charge in [-0.3, -0.25) is 14.4 Å². The van der Waals surface area contributed by atoms with Crippen LogP contribution in [-0.4, -0.2) is 182 Å². The van der Waals surface area contributed by atoms with Gasteiger partial charge in [-0.25, -0.2) is 15.0 Å². The molecule has 0 unspecified atom stereocenters. The number of halogens is 1. The van der Waals surface area contributed by atoms with E-state index in [0.29, 0.717) is 46.4 Å². The van der Waals surface area contributed by atoms with E-state index in [1.54, 1.807) is 13.8 Å². The minimum atomic E-state index is -0.139. The lowest BCUT2D eigenvalue weighted by Crippen LogP contribution is -2.21. The number of allylic oxidation sites excluding steroid dienone is 1. The van der Waals surface area contributed by atoms with E-state index in [1.165, 1.54) is 243 Å². The first-order valence-electron chi connectivity index (χ1n) is 35.1. The molecule has 23 heteroatoms. The Morgan fingerprint density at radius 1 is 0.447 bits per heavy atom. The van der Waals surface area contributed by atoms with Crippen molar-refractivity contribution >= 4 is 128 Å². The van der Waals surface area contributed by atoms with Gasteiger partial charge >= 0.3 is 0 Å². The number of isothiocyanates is 3. The van der Waals surface area contributed by atoms with E-state index in [1.807, 2.05) is 6.08 Å². The van der Waals surface area contributed by atoms with Gasteiger partial charge < -0.3 is 43.5 Å². The minimum absolute atomic E-state index is 0. The molecule has 0 aliphatic rings. The van der Waals surface area contributed by atoms with Crippen molar-refractivity contribution < 1.29 is 53.0 Å². The smallest absolute Gasteiger partial charge is 0.185 e. The number of aliphatic hydroxyl groups excluding tert-OH is 2. The normalized spacial score (nSPS) is 10.0. The van der Waals surface area contributed by atoms with E-state index < -0.39 is 0 Å². The van der Waals surface area contributed by atoms with Crippen molar-refractivity contribution in [2.45, 2.75) is 274 Å². The summed E-state index contributed by atoms with van der Waals surface area (Å²) in [7, 11) is 0. The number of ether oxygens (including phenoxy) is 6. The number of rotatable bonds is 63. The zero-order chi connectivity index (χ0) is 70.5. The van der Waals surface area contributed by atoms with Crippen LogP contribution in [-0.2, 0) is 42.8 Å². The number of carbonyl (C=O) groups is 3. The van der Waals surface area contributed by atoms with Crippen molar-refractivity contribution in [2.24, 2.45) is 15.0 Å². The number of carbonyl (C=O) groups excluding carboxylic acids is 3. The predicted molar refractivity (Wildman–Crippen MR) is 427 cm³/mol. The van der Waals surface area contributed by atoms with Crippen LogP contribution in [0, 0.1) is 0 Å². The summed E-state index contributed by atoms with van der Waals surface area (Å²) in [6, 6.07) is 0.226. The zero-order valence-electron chi connectivity index (χ0n) is 59.6. The lowest BCUT2D eigenvalue weighted by atomic mass is 10.1. The van der Waals surface area contributed by atoms with Crippen molar-refractivity contribution in [1.29, 1.82) is 0 Å². The van der Waals surface area contributed by atoms with Gasteiger partial charge in [0.1, 0.15) is 19.5 Å². The van der Waals surface area contributed by atoms with Gasteiger partial charge in [-0.1, -0.05) is 236 Å². The molecule has 0 bridgehead atoms. The first-order chi connectivity index (χ1) is 45.4. The number of hydrogen-bond donors (Lipinski definition) is 4. The van der Waals surface area contributed by atoms with Gasteiger partial charge in [-0.05, 0) is 120 Å². The van der Waals surface area contributed by atoms with Crippen LogP contribution in [0.4, 0.5) is 0 Å². The SMILES string of the molecule is C.C=CCCCCCCCCCOCCO.CC(=O)S.CC(=O)SCCCCCCCCCCCOCCO.CC(=O)SCCCCCCCCCCCOCCOCN=C=S.CCN(CC)CC.S=C=NCCl.S=C=NCOCCOCCCCCCCCCCCS. The lowest BCUT2D eigenvalue weighted by molar-refractivity contribution is -0.109. The second kappa shape index (κ2) is 114.